The van der Waals surface area contributed by atoms with Crippen molar-refractivity contribution in [2.75, 3.05) is 26.3 Å². The summed E-state index contributed by atoms with van der Waals surface area (Å²) in [5.74, 6) is 0.210. The molecule has 0 radical (unpaired) electrons. The fourth-order valence-corrected chi connectivity index (χ4v) is 4.51. The molecule has 4 nitrogen and oxygen atoms in total. The van der Waals surface area contributed by atoms with E-state index in [4.69, 9.17) is 9.47 Å². The summed E-state index contributed by atoms with van der Waals surface area (Å²) in [5, 5.41) is 0. The van der Waals surface area contributed by atoms with Gasteiger partial charge in [-0.1, -0.05) is 26.0 Å². The predicted octanol–water partition coefficient (Wildman–Crippen LogP) is 4.14. The van der Waals surface area contributed by atoms with Crippen molar-refractivity contribution in [1.82, 2.24) is 4.90 Å². The van der Waals surface area contributed by atoms with Crippen molar-refractivity contribution < 1.29 is 18.7 Å². The number of halogens is 1. The molecule has 0 spiro atoms. The zero-order chi connectivity index (χ0) is 19.4. The molecule has 27 heavy (non-hydrogen) atoms. The summed E-state index contributed by atoms with van der Waals surface area (Å²) in [4.78, 5) is 15.0. The van der Waals surface area contributed by atoms with E-state index in [-0.39, 0.29) is 17.7 Å². The third-order valence-electron chi connectivity index (χ3n) is 6.32. The lowest BCUT2D eigenvalue weighted by Crippen LogP contribution is -2.56. The molecule has 0 aliphatic carbocycles. The van der Waals surface area contributed by atoms with Gasteiger partial charge in [0, 0.05) is 6.04 Å². The number of rotatable bonds is 5. The van der Waals surface area contributed by atoms with Crippen LogP contribution in [-0.2, 0) is 14.3 Å². The fraction of sp³-hybridized carbons (Fsp3) is 0.682. The molecule has 2 atom stereocenters. The highest BCUT2D eigenvalue weighted by Crippen LogP contribution is 2.37. The Kier molecular flexibility index (Phi) is 6.53. The molecule has 0 bridgehead atoms. The van der Waals surface area contributed by atoms with Crippen LogP contribution in [-0.4, -0.2) is 48.8 Å². The molecule has 2 unspecified atom stereocenters. The molecule has 0 saturated carbocycles. The van der Waals surface area contributed by atoms with E-state index in [1.165, 1.54) is 5.56 Å². The van der Waals surface area contributed by atoms with E-state index < -0.39 is 5.60 Å². The van der Waals surface area contributed by atoms with Gasteiger partial charge in [-0.2, -0.15) is 0 Å². The second kappa shape index (κ2) is 8.70. The van der Waals surface area contributed by atoms with Crippen LogP contribution in [0.2, 0.25) is 0 Å². The minimum atomic E-state index is -0.793. The third kappa shape index (κ3) is 4.35. The summed E-state index contributed by atoms with van der Waals surface area (Å²) in [5.41, 5.74) is 0.441. The van der Waals surface area contributed by atoms with E-state index in [0.29, 0.717) is 31.6 Å². The number of ether oxygens (including phenoxy) is 2. The van der Waals surface area contributed by atoms with E-state index in [2.05, 4.69) is 4.90 Å². The Bertz CT molecular complexity index is 615. The number of carbonyl (C=O) groups excluding carboxylic acids is 1. The van der Waals surface area contributed by atoms with Gasteiger partial charge < -0.3 is 9.47 Å². The number of hydrogen-bond donors (Lipinski definition) is 0. The SMILES string of the molecule is CCOC(=O)C1(C(C)C)CCC(N2CCC(c3ccc(F)cc3)CC2)CO1. The average molecular weight is 378 g/mol. The van der Waals surface area contributed by atoms with Gasteiger partial charge in [-0.05, 0) is 75.2 Å². The van der Waals surface area contributed by atoms with Crippen molar-refractivity contribution in [3.8, 4) is 0 Å². The molecule has 1 aromatic rings. The highest BCUT2D eigenvalue weighted by Gasteiger charge is 2.48. The van der Waals surface area contributed by atoms with E-state index in [9.17, 15) is 9.18 Å². The van der Waals surface area contributed by atoms with Crippen molar-refractivity contribution in [2.45, 2.75) is 64.0 Å². The summed E-state index contributed by atoms with van der Waals surface area (Å²) in [7, 11) is 0. The van der Waals surface area contributed by atoms with Crippen LogP contribution in [0.3, 0.4) is 0 Å². The predicted molar refractivity (Wildman–Crippen MR) is 103 cm³/mol. The Morgan fingerprint density at radius 3 is 2.44 bits per heavy atom. The number of benzene rings is 1. The standard InChI is InChI=1S/C22H32FNO3/c1-4-26-21(25)22(16(2)3)12-9-20(15-27-22)24-13-10-18(11-14-24)17-5-7-19(23)8-6-17/h5-8,16,18,20H,4,9-15H2,1-3H3. The topological polar surface area (TPSA) is 38.8 Å². The minimum absolute atomic E-state index is 0.0988. The number of nitrogens with zero attached hydrogens (tertiary/aromatic N) is 1. The van der Waals surface area contributed by atoms with Crippen LogP contribution in [0.4, 0.5) is 4.39 Å². The minimum Gasteiger partial charge on any atom is -0.464 e. The zero-order valence-electron chi connectivity index (χ0n) is 16.7. The van der Waals surface area contributed by atoms with Gasteiger partial charge in [0.2, 0.25) is 0 Å². The average Bonchev–Trinajstić information content (AvgIpc) is 2.69. The van der Waals surface area contributed by atoms with Crippen molar-refractivity contribution >= 4 is 5.97 Å². The van der Waals surface area contributed by atoms with Gasteiger partial charge in [0.05, 0.1) is 13.2 Å². The molecule has 2 saturated heterocycles. The molecule has 5 heteroatoms. The molecule has 0 N–H and O–H groups in total. The maximum Gasteiger partial charge on any atom is 0.338 e. The van der Waals surface area contributed by atoms with E-state index in [1.54, 1.807) is 12.1 Å². The molecule has 0 amide bonds. The van der Waals surface area contributed by atoms with Crippen LogP contribution >= 0.6 is 0 Å². The molecule has 2 heterocycles. The normalized spacial score (nSPS) is 27.7. The van der Waals surface area contributed by atoms with Crippen LogP contribution < -0.4 is 0 Å². The van der Waals surface area contributed by atoms with Gasteiger partial charge in [-0.15, -0.1) is 0 Å². The van der Waals surface area contributed by atoms with E-state index in [0.717, 1.165) is 32.4 Å². The first-order valence-electron chi connectivity index (χ1n) is 10.3. The van der Waals surface area contributed by atoms with Crippen LogP contribution in [0, 0.1) is 11.7 Å². The summed E-state index contributed by atoms with van der Waals surface area (Å²) < 4.78 is 24.6. The molecule has 3 rings (SSSR count). The number of piperidine rings is 1. The number of esters is 1. The number of likely N-dealkylation sites (tertiary alicyclic amines) is 1. The van der Waals surface area contributed by atoms with Crippen LogP contribution in [0.15, 0.2) is 24.3 Å². The van der Waals surface area contributed by atoms with Crippen molar-refractivity contribution in [3.05, 3.63) is 35.6 Å². The third-order valence-corrected chi connectivity index (χ3v) is 6.32. The maximum absolute atomic E-state index is 13.1. The molecule has 2 fully saturated rings. The summed E-state index contributed by atoms with van der Waals surface area (Å²) in [6, 6.07) is 7.29. The largest absolute Gasteiger partial charge is 0.464 e. The van der Waals surface area contributed by atoms with Gasteiger partial charge in [0.15, 0.2) is 5.60 Å². The Labute approximate surface area is 162 Å². The Morgan fingerprint density at radius 2 is 1.93 bits per heavy atom. The fourth-order valence-electron chi connectivity index (χ4n) is 4.51. The summed E-state index contributed by atoms with van der Waals surface area (Å²) >= 11 is 0. The quantitative estimate of drug-likeness (QED) is 0.723. The second-order valence-corrected chi connectivity index (χ2v) is 8.13. The first-order chi connectivity index (χ1) is 13.0. The summed E-state index contributed by atoms with van der Waals surface area (Å²) in [6.07, 6.45) is 3.83. The highest BCUT2D eigenvalue weighted by molar-refractivity contribution is 5.80. The van der Waals surface area contributed by atoms with Gasteiger partial charge in [-0.25, -0.2) is 9.18 Å². The number of hydrogen-bond acceptors (Lipinski definition) is 4. The molecule has 1 aromatic carbocycles. The van der Waals surface area contributed by atoms with Gasteiger partial charge in [0.1, 0.15) is 5.82 Å². The van der Waals surface area contributed by atoms with Crippen LogP contribution in [0.5, 0.6) is 0 Å². The van der Waals surface area contributed by atoms with E-state index >= 15 is 0 Å². The van der Waals surface area contributed by atoms with Gasteiger partial charge in [-0.3, -0.25) is 4.90 Å². The Hall–Kier alpha value is -1.46. The van der Waals surface area contributed by atoms with E-state index in [1.807, 2.05) is 32.9 Å². The lowest BCUT2D eigenvalue weighted by Gasteiger charge is -2.45. The smallest absolute Gasteiger partial charge is 0.338 e. The maximum atomic E-state index is 13.1. The highest BCUT2D eigenvalue weighted by atomic mass is 19.1. The molecular formula is C22H32FNO3. The molecule has 2 aliphatic rings. The molecule has 0 aromatic heterocycles. The lowest BCUT2D eigenvalue weighted by atomic mass is 9.81. The van der Waals surface area contributed by atoms with Gasteiger partial charge >= 0.3 is 5.97 Å². The molecule has 2 aliphatic heterocycles. The molecular weight excluding hydrogens is 345 g/mol. The second-order valence-electron chi connectivity index (χ2n) is 8.13. The zero-order valence-corrected chi connectivity index (χ0v) is 16.7. The van der Waals surface area contributed by atoms with Crippen LogP contribution in [0.25, 0.3) is 0 Å². The molecule has 150 valence electrons. The lowest BCUT2D eigenvalue weighted by molar-refractivity contribution is -0.192. The Balaban J connectivity index is 1.54. The first kappa shape index (κ1) is 20.3. The summed E-state index contributed by atoms with van der Waals surface area (Å²) in [6.45, 7) is 8.91. The number of carbonyl (C=O) groups is 1. The monoisotopic (exact) mass is 377 g/mol. The van der Waals surface area contributed by atoms with Crippen molar-refractivity contribution in [3.63, 3.8) is 0 Å². The van der Waals surface area contributed by atoms with Crippen LogP contribution in [0.1, 0.15) is 57.9 Å². The van der Waals surface area contributed by atoms with Gasteiger partial charge in [0.25, 0.3) is 0 Å². The Morgan fingerprint density at radius 1 is 1.26 bits per heavy atom. The van der Waals surface area contributed by atoms with Crippen molar-refractivity contribution in [2.24, 2.45) is 5.92 Å². The first-order valence-corrected chi connectivity index (χ1v) is 10.3. The van der Waals surface area contributed by atoms with Crippen molar-refractivity contribution in [1.29, 1.82) is 0 Å².